The number of aromatic nitrogens is 2. The number of nitrogens with one attached hydrogen (secondary N) is 1. The smallest absolute Gasteiger partial charge is 0.269 e. The minimum Gasteiger partial charge on any atom is -0.294 e. The predicted molar refractivity (Wildman–Crippen MR) is 119 cm³/mol. The molecule has 0 saturated heterocycles. The van der Waals surface area contributed by atoms with Gasteiger partial charge in [-0.1, -0.05) is 38.1 Å². The van der Waals surface area contributed by atoms with Gasteiger partial charge in [0.1, 0.15) is 0 Å². The van der Waals surface area contributed by atoms with Crippen molar-refractivity contribution in [1.29, 1.82) is 0 Å². The molecule has 32 heavy (non-hydrogen) atoms. The van der Waals surface area contributed by atoms with E-state index >= 15 is 0 Å². The van der Waals surface area contributed by atoms with E-state index in [0.29, 0.717) is 30.0 Å². The van der Waals surface area contributed by atoms with E-state index < -0.39 is 10.8 Å². The molecule has 3 aromatic rings. The summed E-state index contributed by atoms with van der Waals surface area (Å²) in [4.78, 5) is 43.9. The minimum atomic E-state index is -0.530. The third-order valence-corrected chi connectivity index (χ3v) is 5.68. The Bertz CT molecular complexity index is 1190. The molecule has 1 amide bonds. The van der Waals surface area contributed by atoms with Crippen molar-refractivity contribution in [1.82, 2.24) is 9.97 Å². The van der Waals surface area contributed by atoms with Gasteiger partial charge in [-0.25, -0.2) is 9.97 Å². The first-order chi connectivity index (χ1) is 15.3. The van der Waals surface area contributed by atoms with Crippen LogP contribution in [0.5, 0.6) is 0 Å². The van der Waals surface area contributed by atoms with E-state index in [9.17, 15) is 19.7 Å². The number of amides is 1. The lowest BCUT2D eigenvalue weighted by molar-refractivity contribution is -0.384. The molecule has 1 aromatic heterocycles. The summed E-state index contributed by atoms with van der Waals surface area (Å²) in [7, 11) is 0. The van der Waals surface area contributed by atoms with Crippen LogP contribution in [-0.4, -0.2) is 26.6 Å². The van der Waals surface area contributed by atoms with Gasteiger partial charge in [0.25, 0.3) is 11.6 Å². The SMILES string of the molecule is CC(C)c1ccc(C2CC(=O)c3cnc(NC(=O)c4ccc([N+](=O)[O-])cc4)nc3C2)cc1. The van der Waals surface area contributed by atoms with Gasteiger partial charge in [-0.05, 0) is 41.5 Å². The molecular weight excluding hydrogens is 408 g/mol. The second kappa shape index (κ2) is 8.66. The van der Waals surface area contributed by atoms with Crippen LogP contribution in [0.1, 0.15) is 69.6 Å². The molecule has 0 saturated carbocycles. The molecule has 4 rings (SSSR count). The summed E-state index contributed by atoms with van der Waals surface area (Å²) in [6, 6.07) is 13.6. The summed E-state index contributed by atoms with van der Waals surface area (Å²) in [5, 5.41) is 13.4. The van der Waals surface area contributed by atoms with Crippen LogP contribution in [0.25, 0.3) is 0 Å². The third kappa shape index (κ3) is 4.39. The highest BCUT2D eigenvalue weighted by Crippen LogP contribution is 2.32. The van der Waals surface area contributed by atoms with Gasteiger partial charge in [-0.3, -0.25) is 25.0 Å². The van der Waals surface area contributed by atoms with Crippen molar-refractivity contribution >= 4 is 23.3 Å². The number of rotatable bonds is 5. The molecule has 1 aliphatic carbocycles. The van der Waals surface area contributed by atoms with Crippen molar-refractivity contribution < 1.29 is 14.5 Å². The Hall–Kier alpha value is -3.94. The van der Waals surface area contributed by atoms with Crippen molar-refractivity contribution in [2.45, 2.75) is 38.5 Å². The first-order valence-corrected chi connectivity index (χ1v) is 10.4. The minimum absolute atomic E-state index is 0.0163. The molecule has 0 bridgehead atoms. The Morgan fingerprint density at radius 3 is 2.41 bits per heavy atom. The molecular formula is C24H22N4O4. The number of carbonyl (C=O) groups is 2. The highest BCUT2D eigenvalue weighted by Gasteiger charge is 2.28. The van der Waals surface area contributed by atoms with E-state index in [1.165, 1.54) is 36.0 Å². The number of carbonyl (C=O) groups excluding carboxylic acids is 2. The quantitative estimate of drug-likeness (QED) is 0.464. The molecule has 1 heterocycles. The summed E-state index contributed by atoms with van der Waals surface area (Å²) >= 11 is 0. The molecule has 1 atom stereocenters. The van der Waals surface area contributed by atoms with Crippen molar-refractivity contribution in [3.63, 3.8) is 0 Å². The molecule has 0 radical (unpaired) electrons. The molecule has 1 aliphatic rings. The molecule has 1 N–H and O–H groups in total. The van der Waals surface area contributed by atoms with Crippen molar-refractivity contribution in [2.24, 2.45) is 0 Å². The van der Waals surface area contributed by atoms with Crippen LogP contribution in [0, 0.1) is 10.1 Å². The Balaban J connectivity index is 1.52. The molecule has 0 spiro atoms. The molecule has 2 aromatic carbocycles. The number of nitro benzene ring substituents is 1. The number of anilines is 1. The van der Waals surface area contributed by atoms with E-state index in [4.69, 9.17) is 0 Å². The normalized spacial score (nSPS) is 15.3. The number of nitro groups is 1. The van der Waals surface area contributed by atoms with Crippen LogP contribution >= 0.6 is 0 Å². The number of hydrogen-bond donors (Lipinski definition) is 1. The maximum Gasteiger partial charge on any atom is 0.269 e. The van der Waals surface area contributed by atoms with Gasteiger partial charge in [0.05, 0.1) is 16.2 Å². The molecule has 0 fully saturated rings. The highest BCUT2D eigenvalue weighted by atomic mass is 16.6. The average Bonchev–Trinajstić information content (AvgIpc) is 2.79. The van der Waals surface area contributed by atoms with Crippen LogP contribution in [0.15, 0.2) is 54.7 Å². The standard InChI is InChI=1S/C24H22N4O4/c1-14(2)15-3-5-16(6-4-15)18-11-21-20(22(29)12-18)13-25-24(26-21)27-23(30)17-7-9-19(10-8-17)28(31)32/h3-10,13-14,18H,11-12H2,1-2H3,(H,25,26,27,30). The van der Waals surface area contributed by atoms with Gasteiger partial charge in [-0.2, -0.15) is 0 Å². The van der Waals surface area contributed by atoms with Gasteiger partial charge in [0, 0.05) is 30.3 Å². The van der Waals surface area contributed by atoms with Crippen molar-refractivity contribution in [3.8, 4) is 0 Å². The fourth-order valence-electron chi connectivity index (χ4n) is 3.80. The van der Waals surface area contributed by atoms with Gasteiger partial charge in [-0.15, -0.1) is 0 Å². The lowest BCUT2D eigenvalue weighted by Crippen LogP contribution is -2.22. The summed E-state index contributed by atoms with van der Waals surface area (Å²) in [5.74, 6) is 0.0488. The first kappa shape index (κ1) is 21.3. The fourth-order valence-corrected chi connectivity index (χ4v) is 3.80. The monoisotopic (exact) mass is 430 g/mol. The number of non-ortho nitro benzene ring substituents is 1. The van der Waals surface area contributed by atoms with Crippen LogP contribution in [0.4, 0.5) is 11.6 Å². The summed E-state index contributed by atoms with van der Waals surface area (Å²) in [6.45, 7) is 4.28. The van der Waals surface area contributed by atoms with Crippen molar-refractivity contribution in [3.05, 3.63) is 92.8 Å². The molecule has 8 nitrogen and oxygen atoms in total. The number of fused-ring (bicyclic) bond motifs is 1. The molecule has 0 aliphatic heterocycles. The molecule has 1 unspecified atom stereocenters. The topological polar surface area (TPSA) is 115 Å². The van der Waals surface area contributed by atoms with Gasteiger partial charge < -0.3 is 0 Å². The number of benzene rings is 2. The van der Waals surface area contributed by atoms with Gasteiger partial charge in [0.15, 0.2) is 5.78 Å². The number of ketones is 1. The van der Waals surface area contributed by atoms with Crippen molar-refractivity contribution in [2.75, 3.05) is 5.32 Å². The van der Waals surface area contributed by atoms with Gasteiger partial charge in [0.2, 0.25) is 5.95 Å². The van der Waals surface area contributed by atoms with Crippen LogP contribution < -0.4 is 5.32 Å². The van der Waals surface area contributed by atoms with Crippen LogP contribution in [0.2, 0.25) is 0 Å². The lowest BCUT2D eigenvalue weighted by Gasteiger charge is -2.23. The van der Waals surface area contributed by atoms with Crippen LogP contribution in [0.3, 0.4) is 0 Å². The second-order valence-electron chi connectivity index (χ2n) is 8.16. The van der Waals surface area contributed by atoms with Crippen LogP contribution in [-0.2, 0) is 6.42 Å². The largest absolute Gasteiger partial charge is 0.294 e. The number of Topliss-reactive ketones (excluding diaryl/α,β-unsaturated/α-hetero) is 1. The maximum atomic E-state index is 12.7. The average molecular weight is 430 g/mol. The number of nitrogens with zero attached hydrogens (tertiary/aromatic N) is 3. The molecule has 162 valence electrons. The Labute approximate surface area is 184 Å². The zero-order valence-corrected chi connectivity index (χ0v) is 17.7. The van der Waals surface area contributed by atoms with E-state index in [-0.39, 0.29) is 28.9 Å². The van der Waals surface area contributed by atoms with E-state index in [1.54, 1.807) is 0 Å². The first-order valence-electron chi connectivity index (χ1n) is 10.4. The predicted octanol–water partition coefficient (Wildman–Crippen LogP) is 4.67. The Morgan fingerprint density at radius 1 is 1.09 bits per heavy atom. The fraction of sp³-hybridized carbons (Fsp3) is 0.250. The Kier molecular flexibility index (Phi) is 5.77. The maximum absolute atomic E-state index is 12.7. The van der Waals surface area contributed by atoms with E-state index in [1.807, 2.05) is 0 Å². The van der Waals surface area contributed by atoms with Gasteiger partial charge >= 0.3 is 0 Å². The zero-order chi connectivity index (χ0) is 22.8. The number of hydrogen-bond acceptors (Lipinski definition) is 6. The van der Waals surface area contributed by atoms with E-state index in [0.717, 1.165) is 5.56 Å². The third-order valence-electron chi connectivity index (χ3n) is 5.68. The summed E-state index contributed by atoms with van der Waals surface area (Å²) in [5.41, 5.74) is 3.56. The van der Waals surface area contributed by atoms with E-state index in [2.05, 4.69) is 53.4 Å². The summed E-state index contributed by atoms with van der Waals surface area (Å²) < 4.78 is 0. The lowest BCUT2D eigenvalue weighted by atomic mass is 9.81. The zero-order valence-electron chi connectivity index (χ0n) is 17.7. The second-order valence-corrected chi connectivity index (χ2v) is 8.16. The molecule has 8 heteroatoms. The Morgan fingerprint density at radius 2 is 1.78 bits per heavy atom. The highest BCUT2D eigenvalue weighted by molar-refractivity contribution is 6.03. The summed E-state index contributed by atoms with van der Waals surface area (Å²) in [6.07, 6.45) is 2.42.